The second-order valence-corrected chi connectivity index (χ2v) is 4.14. The van der Waals surface area contributed by atoms with Crippen LogP contribution >= 0.6 is 0 Å². The van der Waals surface area contributed by atoms with Gasteiger partial charge in [0.05, 0.1) is 29.5 Å². The van der Waals surface area contributed by atoms with Crippen LogP contribution in [-0.4, -0.2) is 25.0 Å². The second kappa shape index (κ2) is 4.62. The van der Waals surface area contributed by atoms with Crippen LogP contribution < -0.4 is 11.3 Å². The molecule has 0 atom stereocenters. The topological polar surface area (TPSA) is 102 Å². The van der Waals surface area contributed by atoms with Crippen molar-refractivity contribution < 1.29 is 0 Å². The van der Waals surface area contributed by atoms with Crippen LogP contribution in [0.5, 0.6) is 0 Å². The molecule has 0 radical (unpaired) electrons. The lowest BCUT2D eigenvalue weighted by Gasteiger charge is -2.02. The van der Waals surface area contributed by atoms with Gasteiger partial charge in [-0.1, -0.05) is 17.3 Å². The van der Waals surface area contributed by atoms with Crippen molar-refractivity contribution in [2.24, 2.45) is 5.73 Å². The summed E-state index contributed by atoms with van der Waals surface area (Å²) in [5, 5.41) is 7.77. The Morgan fingerprint density at radius 2 is 2.16 bits per heavy atom. The smallest absolute Gasteiger partial charge is 0.272 e. The van der Waals surface area contributed by atoms with E-state index in [9.17, 15) is 4.79 Å². The van der Waals surface area contributed by atoms with Gasteiger partial charge in [-0.3, -0.25) is 4.79 Å². The minimum absolute atomic E-state index is 0.219. The van der Waals surface area contributed by atoms with Crippen LogP contribution in [0, 0.1) is 0 Å². The third-order valence-corrected chi connectivity index (χ3v) is 2.78. The van der Waals surface area contributed by atoms with E-state index in [2.05, 4.69) is 20.3 Å². The van der Waals surface area contributed by atoms with Crippen LogP contribution in [0.2, 0.25) is 0 Å². The van der Waals surface area contributed by atoms with Gasteiger partial charge in [0, 0.05) is 6.54 Å². The van der Waals surface area contributed by atoms with E-state index < -0.39 is 0 Å². The maximum atomic E-state index is 11.9. The predicted octanol–water partition coefficient (Wildman–Crippen LogP) is 0.0216. The van der Waals surface area contributed by atoms with Crippen LogP contribution in [0.1, 0.15) is 11.4 Å². The van der Waals surface area contributed by atoms with Gasteiger partial charge in [0.15, 0.2) is 0 Å². The van der Waals surface area contributed by atoms with E-state index in [0.29, 0.717) is 17.9 Å². The fourth-order valence-electron chi connectivity index (χ4n) is 1.84. The van der Waals surface area contributed by atoms with Crippen LogP contribution in [0.4, 0.5) is 0 Å². The van der Waals surface area contributed by atoms with Gasteiger partial charge in [-0.15, -0.1) is 5.10 Å². The fraction of sp³-hybridized carbons (Fsp3) is 0.167. The lowest BCUT2D eigenvalue weighted by Crippen LogP contribution is -2.18. The number of para-hydroxylation sites is 2. The summed E-state index contributed by atoms with van der Waals surface area (Å²) in [4.78, 5) is 19.0. The molecule has 1 aromatic carbocycles. The lowest BCUT2D eigenvalue weighted by molar-refractivity contribution is 0.634. The van der Waals surface area contributed by atoms with Crippen molar-refractivity contribution in [2.45, 2.75) is 13.1 Å². The highest BCUT2D eigenvalue weighted by molar-refractivity contribution is 5.73. The van der Waals surface area contributed by atoms with Crippen LogP contribution in [0.15, 0.2) is 35.3 Å². The van der Waals surface area contributed by atoms with E-state index in [0.717, 1.165) is 11.0 Å². The summed E-state index contributed by atoms with van der Waals surface area (Å²) < 4.78 is 1.55. The van der Waals surface area contributed by atoms with Crippen molar-refractivity contribution >= 4 is 11.0 Å². The van der Waals surface area contributed by atoms with Crippen molar-refractivity contribution in [1.82, 2.24) is 25.0 Å². The summed E-state index contributed by atoms with van der Waals surface area (Å²) in [6, 6.07) is 7.39. The Labute approximate surface area is 108 Å². The molecule has 0 unspecified atom stereocenters. The van der Waals surface area contributed by atoms with Gasteiger partial charge >= 0.3 is 0 Å². The molecule has 7 heteroatoms. The summed E-state index contributed by atoms with van der Waals surface area (Å²) in [5.41, 5.74) is 7.78. The molecular formula is C12H12N6O. The normalized spacial score (nSPS) is 11.0. The molecule has 0 saturated carbocycles. The van der Waals surface area contributed by atoms with Gasteiger partial charge in [-0.2, -0.15) is 0 Å². The Kier molecular flexibility index (Phi) is 2.81. The van der Waals surface area contributed by atoms with Crippen molar-refractivity contribution in [2.75, 3.05) is 0 Å². The molecule has 0 aliphatic heterocycles. The number of aromatic amines is 1. The SMILES string of the molecule is NCc1cn(Cc2nc3ccccc3[nH]c2=O)nn1. The number of fused-ring (bicyclic) bond motifs is 1. The number of benzene rings is 1. The molecule has 0 saturated heterocycles. The molecule has 3 aromatic rings. The van der Waals surface area contributed by atoms with Gasteiger partial charge in [0.1, 0.15) is 5.69 Å². The van der Waals surface area contributed by atoms with E-state index in [1.807, 2.05) is 24.3 Å². The Morgan fingerprint density at radius 1 is 1.32 bits per heavy atom. The molecule has 3 N–H and O–H groups in total. The van der Waals surface area contributed by atoms with Crippen molar-refractivity contribution in [1.29, 1.82) is 0 Å². The molecule has 0 amide bonds. The number of nitrogens with zero attached hydrogens (tertiary/aromatic N) is 4. The van der Waals surface area contributed by atoms with Crippen molar-refractivity contribution in [3.63, 3.8) is 0 Å². The molecule has 2 aromatic heterocycles. The predicted molar refractivity (Wildman–Crippen MR) is 69.4 cm³/mol. The molecule has 0 bridgehead atoms. The first-order chi connectivity index (χ1) is 9.26. The zero-order valence-electron chi connectivity index (χ0n) is 10.1. The molecule has 7 nitrogen and oxygen atoms in total. The second-order valence-electron chi connectivity index (χ2n) is 4.14. The summed E-state index contributed by atoms with van der Waals surface area (Å²) in [6.45, 7) is 0.592. The van der Waals surface area contributed by atoms with Gasteiger partial charge < -0.3 is 10.7 Å². The average molecular weight is 256 g/mol. The highest BCUT2D eigenvalue weighted by Gasteiger charge is 2.07. The minimum atomic E-state index is -0.219. The zero-order valence-corrected chi connectivity index (χ0v) is 10.1. The van der Waals surface area contributed by atoms with Crippen molar-refractivity contribution in [3.05, 3.63) is 52.2 Å². The minimum Gasteiger partial charge on any atom is -0.325 e. The quantitative estimate of drug-likeness (QED) is 0.687. The van der Waals surface area contributed by atoms with Gasteiger partial charge in [-0.05, 0) is 12.1 Å². The van der Waals surface area contributed by atoms with Crippen LogP contribution in [0.25, 0.3) is 11.0 Å². The monoisotopic (exact) mass is 256 g/mol. The first kappa shape index (κ1) is 11.5. The molecule has 0 fully saturated rings. The first-order valence-corrected chi connectivity index (χ1v) is 5.83. The maximum Gasteiger partial charge on any atom is 0.272 e. The summed E-state index contributed by atoms with van der Waals surface area (Å²) in [7, 11) is 0. The molecule has 3 rings (SSSR count). The lowest BCUT2D eigenvalue weighted by atomic mass is 10.3. The van der Waals surface area contributed by atoms with Crippen LogP contribution in [-0.2, 0) is 13.1 Å². The molecular weight excluding hydrogens is 244 g/mol. The van der Waals surface area contributed by atoms with Gasteiger partial charge in [0.2, 0.25) is 0 Å². The number of nitrogens with two attached hydrogens (primary N) is 1. The largest absolute Gasteiger partial charge is 0.325 e. The molecule has 19 heavy (non-hydrogen) atoms. The number of aromatic nitrogens is 5. The van der Waals surface area contributed by atoms with Crippen molar-refractivity contribution in [3.8, 4) is 0 Å². The Hall–Kier alpha value is -2.54. The molecule has 96 valence electrons. The number of hydrogen-bond acceptors (Lipinski definition) is 5. The molecule has 2 heterocycles. The van der Waals surface area contributed by atoms with E-state index in [-0.39, 0.29) is 12.1 Å². The standard InChI is InChI=1S/C12H12N6O/c13-5-8-6-18(17-16-8)7-11-12(19)15-10-4-2-1-3-9(10)14-11/h1-4,6H,5,7,13H2,(H,15,19). The third kappa shape index (κ3) is 2.23. The first-order valence-electron chi connectivity index (χ1n) is 5.83. The number of H-pyrrole nitrogens is 1. The third-order valence-electron chi connectivity index (χ3n) is 2.78. The van der Waals surface area contributed by atoms with Crippen LogP contribution in [0.3, 0.4) is 0 Å². The average Bonchev–Trinajstić information content (AvgIpc) is 2.87. The van der Waals surface area contributed by atoms with Gasteiger partial charge in [0.25, 0.3) is 5.56 Å². The summed E-state index contributed by atoms with van der Waals surface area (Å²) >= 11 is 0. The van der Waals surface area contributed by atoms with E-state index in [1.54, 1.807) is 10.9 Å². The zero-order chi connectivity index (χ0) is 13.2. The number of nitrogens with one attached hydrogen (secondary N) is 1. The Morgan fingerprint density at radius 3 is 2.95 bits per heavy atom. The Bertz CT molecular complexity index is 775. The summed E-state index contributed by atoms with van der Waals surface area (Å²) in [5.74, 6) is 0. The van der Waals surface area contributed by atoms with Gasteiger partial charge in [-0.25, -0.2) is 9.67 Å². The molecule has 0 spiro atoms. The highest BCUT2D eigenvalue weighted by atomic mass is 16.1. The Balaban J connectivity index is 2.00. The molecule has 0 aliphatic carbocycles. The summed E-state index contributed by atoms with van der Waals surface area (Å²) in [6.07, 6.45) is 1.70. The highest BCUT2D eigenvalue weighted by Crippen LogP contribution is 2.06. The van der Waals surface area contributed by atoms with E-state index in [4.69, 9.17) is 5.73 Å². The molecule has 0 aliphatic rings. The van der Waals surface area contributed by atoms with E-state index in [1.165, 1.54) is 0 Å². The number of rotatable bonds is 3. The maximum absolute atomic E-state index is 11.9. The van der Waals surface area contributed by atoms with E-state index >= 15 is 0 Å². The number of hydrogen-bond donors (Lipinski definition) is 2. The fourth-order valence-corrected chi connectivity index (χ4v) is 1.84.